The van der Waals surface area contributed by atoms with Crippen LogP contribution in [0.1, 0.15) is 31.7 Å². The number of unbranched alkanes of at least 4 members (excludes halogenated alkanes) is 2. The van der Waals surface area contributed by atoms with Crippen LogP contribution in [0.25, 0.3) is 10.9 Å². The zero-order valence-corrected chi connectivity index (χ0v) is 12.9. The van der Waals surface area contributed by atoms with Crippen LogP contribution < -0.4 is 10.6 Å². The lowest BCUT2D eigenvalue weighted by Gasteiger charge is -2.11. The second-order valence-corrected chi connectivity index (χ2v) is 5.22. The molecule has 1 aromatic carbocycles. The number of aryl methyl sites for hydroxylation is 1. The van der Waals surface area contributed by atoms with Crippen LogP contribution in [0.3, 0.4) is 0 Å². The molecule has 0 unspecified atom stereocenters. The molecule has 0 atom stereocenters. The molecule has 1 aromatic heterocycles. The Morgan fingerprint density at radius 2 is 2.05 bits per heavy atom. The fourth-order valence-corrected chi connectivity index (χ4v) is 2.20. The summed E-state index contributed by atoms with van der Waals surface area (Å²) in [6.07, 6.45) is 5.41. The summed E-state index contributed by atoms with van der Waals surface area (Å²) in [5, 5.41) is 7.66. The lowest BCUT2D eigenvalue weighted by Crippen LogP contribution is -2.09. The van der Waals surface area contributed by atoms with E-state index in [0.29, 0.717) is 12.5 Å². The van der Waals surface area contributed by atoms with Gasteiger partial charge in [-0.1, -0.05) is 37.5 Å². The van der Waals surface area contributed by atoms with Gasteiger partial charge in [0.25, 0.3) is 0 Å². The first kappa shape index (κ1) is 15.3. The summed E-state index contributed by atoms with van der Waals surface area (Å²) in [5.74, 6) is 1.55. The van der Waals surface area contributed by atoms with Crippen LogP contribution in [0.15, 0.2) is 30.9 Å². The molecule has 2 N–H and O–H groups in total. The number of fused-ring (bicyclic) bond motifs is 1. The van der Waals surface area contributed by atoms with E-state index in [2.05, 4.69) is 53.2 Å². The van der Waals surface area contributed by atoms with Crippen LogP contribution in [0.5, 0.6) is 0 Å². The van der Waals surface area contributed by atoms with Gasteiger partial charge in [-0.3, -0.25) is 0 Å². The van der Waals surface area contributed by atoms with Crippen LogP contribution in [-0.2, 0) is 0 Å². The smallest absolute Gasteiger partial charge is 0.225 e. The Kier molecular flexibility index (Phi) is 5.55. The number of benzene rings is 1. The summed E-state index contributed by atoms with van der Waals surface area (Å²) in [5.41, 5.74) is 2.16. The molecular weight excluding hydrogens is 260 g/mol. The zero-order valence-electron chi connectivity index (χ0n) is 12.9. The quantitative estimate of drug-likeness (QED) is 0.565. The SMILES string of the molecule is C=CCNc1nc(NCCCCC)nc2ccc(C)cc12. The summed E-state index contributed by atoms with van der Waals surface area (Å²) < 4.78 is 0. The topological polar surface area (TPSA) is 49.8 Å². The number of rotatable bonds is 8. The molecule has 2 aromatic rings. The van der Waals surface area contributed by atoms with Crippen molar-refractivity contribution in [1.29, 1.82) is 0 Å². The molecule has 21 heavy (non-hydrogen) atoms. The molecule has 0 aliphatic carbocycles. The zero-order chi connectivity index (χ0) is 15.1. The van der Waals surface area contributed by atoms with Gasteiger partial charge in [0.2, 0.25) is 5.95 Å². The van der Waals surface area contributed by atoms with Crippen LogP contribution in [-0.4, -0.2) is 23.1 Å². The number of hydrogen-bond acceptors (Lipinski definition) is 4. The number of anilines is 2. The van der Waals surface area contributed by atoms with Crippen molar-refractivity contribution in [3.63, 3.8) is 0 Å². The van der Waals surface area contributed by atoms with Crippen molar-refractivity contribution >= 4 is 22.7 Å². The van der Waals surface area contributed by atoms with E-state index in [9.17, 15) is 0 Å². The first-order valence-electron chi connectivity index (χ1n) is 7.61. The van der Waals surface area contributed by atoms with Gasteiger partial charge in [0, 0.05) is 18.5 Å². The van der Waals surface area contributed by atoms with E-state index in [-0.39, 0.29) is 0 Å². The minimum Gasteiger partial charge on any atom is -0.366 e. The van der Waals surface area contributed by atoms with Gasteiger partial charge in [-0.2, -0.15) is 4.98 Å². The predicted octanol–water partition coefficient (Wildman–Crippen LogP) is 4.14. The van der Waals surface area contributed by atoms with Gasteiger partial charge >= 0.3 is 0 Å². The Morgan fingerprint density at radius 1 is 1.19 bits per heavy atom. The summed E-state index contributed by atoms with van der Waals surface area (Å²) in [6.45, 7) is 9.62. The molecule has 4 heteroatoms. The van der Waals surface area contributed by atoms with Crippen molar-refractivity contribution in [2.24, 2.45) is 0 Å². The molecule has 0 saturated carbocycles. The Hall–Kier alpha value is -2.10. The maximum Gasteiger partial charge on any atom is 0.225 e. The molecule has 112 valence electrons. The van der Waals surface area contributed by atoms with Gasteiger partial charge < -0.3 is 10.6 Å². The first-order valence-corrected chi connectivity index (χ1v) is 7.61. The molecule has 0 spiro atoms. The highest BCUT2D eigenvalue weighted by Crippen LogP contribution is 2.23. The van der Waals surface area contributed by atoms with Crippen LogP contribution in [0, 0.1) is 6.92 Å². The van der Waals surface area contributed by atoms with Crippen LogP contribution in [0.4, 0.5) is 11.8 Å². The third-order valence-corrected chi connectivity index (χ3v) is 3.33. The Balaban J connectivity index is 2.26. The van der Waals surface area contributed by atoms with Gasteiger partial charge in [0.15, 0.2) is 0 Å². The van der Waals surface area contributed by atoms with E-state index in [1.807, 2.05) is 12.1 Å². The fraction of sp³-hybridized carbons (Fsp3) is 0.412. The average Bonchev–Trinajstić information content (AvgIpc) is 2.49. The molecule has 1 heterocycles. The van der Waals surface area contributed by atoms with Gasteiger partial charge in [0.05, 0.1) is 5.52 Å². The molecule has 0 saturated heterocycles. The van der Waals surface area contributed by atoms with Gasteiger partial charge in [-0.25, -0.2) is 4.98 Å². The molecule has 2 rings (SSSR count). The number of aromatic nitrogens is 2. The van der Waals surface area contributed by atoms with Crippen molar-refractivity contribution in [3.8, 4) is 0 Å². The molecule has 0 amide bonds. The van der Waals surface area contributed by atoms with E-state index in [4.69, 9.17) is 0 Å². The summed E-state index contributed by atoms with van der Waals surface area (Å²) in [7, 11) is 0. The predicted molar refractivity (Wildman–Crippen MR) is 91.0 cm³/mol. The lowest BCUT2D eigenvalue weighted by molar-refractivity contribution is 0.741. The van der Waals surface area contributed by atoms with E-state index in [1.54, 1.807) is 0 Å². The Labute approximate surface area is 126 Å². The third-order valence-electron chi connectivity index (χ3n) is 3.33. The van der Waals surface area contributed by atoms with Gasteiger partial charge in [-0.05, 0) is 25.5 Å². The Bertz CT molecular complexity index is 607. The van der Waals surface area contributed by atoms with E-state index in [0.717, 1.165) is 29.7 Å². The fourth-order valence-electron chi connectivity index (χ4n) is 2.20. The monoisotopic (exact) mass is 284 g/mol. The average molecular weight is 284 g/mol. The highest BCUT2D eigenvalue weighted by atomic mass is 15.1. The maximum absolute atomic E-state index is 4.60. The minimum atomic E-state index is 0.689. The number of nitrogens with one attached hydrogen (secondary N) is 2. The van der Waals surface area contributed by atoms with Crippen LogP contribution in [0.2, 0.25) is 0 Å². The molecule has 4 nitrogen and oxygen atoms in total. The summed E-state index contributed by atoms with van der Waals surface area (Å²) in [6, 6.07) is 6.23. The standard InChI is InChI=1S/C17H24N4/c1-4-6-7-11-19-17-20-15-9-8-13(3)12-14(15)16(21-17)18-10-5-2/h5,8-9,12H,2,4,6-7,10-11H2,1,3H3,(H2,18,19,20,21). The highest BCUT2D eigenvalue weighted by molar-refractivity contribution is 5.90. The van der Waals surface area contributed by atoms with Crippen molar-refractivity contribution in [3.05, 3.63) is 36.4 Å². The summed E-state index contributed by atoms with van der Waals surface area (Å²) in [4.78, 5) is 9.19. The van der Waals surface area contributed by atoms with Gasteiger partial charge in [0.1, 0.15) is 5.82 Å². The number of nitrogens with zero attached hydrogens (tertiary/aromatic N) is 2. The van der Waals surface area contributed by atoms with Crippen molar-refractivity contribution < 1.29 is 0 Å². The molecule has 0 fully saturated rings. The molecular formula is C17H24N4. The minimum absolute atomic E-state index is 0.689. The molecule has 0 radical (unpaired) electrons. The largest absolute Gasteiger partial charge is 0.366 e. The Morgan fingerprint density at radius 3 is 2.81 bits per heavy atom. The van der Waals surface area contributed by atoms with Gasteiger partial charge in [-0.15, -0.1) is 6.58 Å². The molecule has 0 aliphatic rings. The lowest BCUT2D eigenvalue weighted by atomic mass is 10.1. The van der Waals surface area contributed by atoms with Crippen molar-refractivity contribution in [1.82, 2.24) is 9.97 Å². The molecule has 0 bridgehead atoms. The molecule has 0 aliphatic heterocycles. The van der Waals surface area contributed by atoms with E-state index in [1.165, 1.54) is 18.4 Å². The van der Waals surface area contributed by atoms with Crippen molar-refractivity contribution in [2.75, 3.05) is 23.7 Å². The highest BCUT2D eigenvalue weighted by Gasteiger charge is 2.07. The van der Waals surface area contributed by atoms with Crippen molar-refractivity contribution in [2.45, 2.75) is 33.1 Å². The maximum atomic E-state index is 4.60. The second-order valence-electron chi connectivity index (χ2n) is 5.22. The third kappa shape index (κ3) is 4.18. The van der Waals surface area contributed by atoms with E-state index < -0.39 is 0 Å². The number of hydrogen-bond donors (Lipinski definition) is 2. The normalized spacial score (nSPS) is 10.6. The second kappa shape index (κ2) is 7.62. The van der Waals surface area contributed by atoms with Crippen LogP contribution >= 0.6 is 0 Å². The van der Waals surface area contributed by atoms with E-state index >= 15 is 0 Å². The first-order chi connectivity index (χ1) is 10.2. The summed E-state index contributed by atoms with van der Waals surface area (Å²) >= 11 is 0.